The summed E-state index contributed by atoms with van der Waals surface area (Å²) in [7, 11) is 0. The molecule has 54 heavy (non-hydrogen) atoms. The van der Waals surface area contributed by atoms with Gasteiger partial charge in [0.1, 0.15) is 23.7 Å². The number of nitrogens with zero attached hydrogens (tertiary/aromatic N) is 7. The molecule has 2 bridgehead atoms. The van der Waals surface area contributed by atoms with Gasteiger partial charge in [0.05, 0.1) is 27.8 Å². The van der Waals surface area contributed by atoms with Crippen LogP contribution < -0.4 is 15.4 Å². The number of carbonyl (C=O) groups is 5. The van der Waals surface area contributed by atoms with E-state index in [1.807, 2.05) is 6.07 Å². The minimum Gasteiger partial charge on any atom is -0.490 e. The molecule has 1 saturated carbocycles. The molecule has 5 heterocycles. The van der Waals surface area contributed by atoms with Crippen molar-refractivity contribution in [3.05, 3.63) is 81.3 Å². The number of hydrogen-bond donors (Lipinski definition) is 1. The van der Waals surface area contributed by atoms with Crippen LogP contribution in [0.5, 0.6) is 5.75 Å². The highest BCUT2D eigenvalue weighted by Crippen LogP contribution is 2.37. The van der Waals surface area contributed by atoms with Gasteiger partial charge < -0.3 is 15.4 Å². The smallest absolute Gasteiger partial charge is 0.269 e. The van der Waals surface area contributed by atoms with Crippen molar-refractivity contribution in [3.8, 4) is 11.8 Å². The van der Waals surface area contributed by atoms with Crippen LogP contribution >= 0.6 is 11.6 Å². The number of carbonyl (C=O) groups excluding carboxylic acids is 5. The van der Waals surface area contributed by atoms with Crippen LogP contribution in [0.2, 0.25) is 5.02 Å². The Labute approximate surface area is 314 Å². The average Bonchev–Trinajstić information content (AvgIpc) is 3.52. The summed E-state index contributed by atoms with van der Waals surface area (Å²) in [5.41, 5.74) is 5.95. The summed E-state index contributed by atoms with van der Waals surface area (Å²) in [6.07, 6.45) is 3.60. The van der Waals surface area contributed by atoms with E-state index in [-0.39, 0.29) is 70.9 Å². The Morgan fingerprint density at radius 3 is 2.20 bits per heavy atom. The third kappa shape index (κ3) is 6.32. The van der Waals surface area contributed by atoms with Gasteiger partial charge in [-0.05, 0) is 81.3 Å². The Morgan fingerprint density at radius 2 is 1.57 bits per heavy atom. The standard InChI is InChI=1S/C38H36ClFN8O6/c39-29-14-26(6-1-20(29)16-41)54-25-7-4-22(5-8-25)47-34(49)12-10-32(38(47)53)48-36(51)27-13-21(30(40)15-28(27)37(48)52)17-46-23-2-3-24(46)19-45(18-23)33-11-9-31(35(42)50)43-44-33/h1,6,9,11,13-15,22-25,32H,2-5,7-8,10,12,17-19H2,(H2,42,50)/t22?,23-,24-,25?,32-/m1/s1. The SMILES string of the molecule is N#Cc1ccc(OC2CCC(N3C(=O)CC[C@@H](N4C(=O)c5cc(F)c(CN6[C@@H]7CC[C@@H]6CN(c6ccc(C(N)=O)nn6)C7)cc5C4=O)C3=O)CC2)cc1Cl. The van der Waals surface area contributed by atoms with Gasteiger partial charge in [-0.1, -0.05) is 11.6 Å². The van der Waals surface area contributed by atoms with Gasteiger partial charge in [-0.3, -0.25) is 38.7 Å². The van der Waals surface area contributed by atoms with Crippen molar-refractivity contribution >= 4 is 47.0 Å². The van der Waals surface area contributed by atoms with Crippen molar-refractivity contribution in [1.29, 1.82) is 5.26 Å². The molecule has 278 valence electrons. The van der Waals surface area contributed by atoms with Crippen LogP contribution in [0.3, 0.4) is 0 Å². The predicted molar refractivity (Wildman–Crippen MR) is 190 cm³/mol. The van der Waals surface area contributed by atoms with Crippen LogP contribution in [-0.2, 0) is 16.1 Å². The maximum absolute atomic E-state index is 15.7. The van der Waals surface area contributed by atoms with Crippen LogP contribution in [0.25, 0.3) is 0 Å². The molecule has 0 spiro atoms. The number of nitriles is 1. The normalized spacial score (nSPS) is 25.6. The molecular weight excluding hydrogens is 719 g/mol. The van der Waals surface area contributed by atoms with Crippen LogP contribution in [0, 0.1) is 17.1 Å². The van der Waals surface area contributed by atoms with E-state index in [4.69, 9.17) is 27.3 Å². The Hall–Kier alpha value is -5.46. The maximum Gasteiger partial charge on any atom is 0.269 e. The first-order chi connectivity index (χ1) is 26.0. The van der Waals surface area contributed by atoms with Gasteiger partial charge >= 0.3 is 0 Å². The lowest BCUT2D eigenvalue weighted by molar-refractivity contribution is -0.155. The van der Waals surface area contributed by atoms with Crippen LogP contribution in [0.15, 0.2) is 42.5 Å². The zero-order valence-electron chi connectivity index (χ0n) is 29.1. The highest BCUT2D eigenvalue weighted by Gasteiger charge is 2.49. The molecule has 3 saturated heterocycles. The van der Waals surface area contributed by atoms with Gasteiger partial charge in [-0.2, -0.15) is 5.26 Å². The number of primary amides is 1. The molecule has 0 unspecified atom stereocenters. The molecular formula is C38H36ClFN8O6. The molecule has 5 aliphatic rings. The zero-order valence-corrected chi connectivity index (χ0v) is 29.9. The van der Waals surface area contributed by atoms with Gasteiger partial charge in [-0.15, -0.1) is 10.2 Å². The summed E-state index contributed by atoms with van der Waals surface area (Å²) in [4.78, 5) is 72.5. The summed E-state index contributed by atoms with van der Waals surface area (Å²) in [5, 5.41) is 17.5. The lowest BCUT2D eigenvalue weighted by Crippen LogP contribution is -2.59. The number of ether oxygens (including phenoxy) is 1. The van der Waals surface area contributed by atoms with E-state index in [2.05, 4.69) is 20.0 Å². The monoisotopic (exact) mass is 754 g/mol. The second-order valence-electron chi connectivity index (χ2n) is 14.5. The van der Waals surface area contributed by atoms with Gasteiger partial charge in [-0.25, -0.2) is 4.39 Å². The molecule has 16 heteroatoms. The minimum absolute atomic E-state index is 0.00382. The number of piperidine rings is 1. The third-order valence-corrected chi connectivity index (χ3v) is 11.7. The highest BCUT2D eigenvalue weighted by molar-refractivity contribution is 6.31. The molecule has 4 aliphatic heterocycles. The zero-order chi connectivity index (χ0) is 37.8. The summed E-state index contributed by atoms with van der Waals surface area (Å²) < 4.78 is 21.8. The Bertz CT molecular complexity index is 2110. The molecule has 1 aliphatic carbocycles. The second-order valence-corrected chi connectivity index (χ2v) is 14.9. The number of imide groups is 2. The van der Waals surface area contributed by atoms with Crippen LogP contribution in [0.4, 0.5) is 10.2 Å². The van der Waals surface area contributed by atoms with Crippen molar-refractivity contribution in [2.75, 3.05) is 18.0 Å². The van der Waals surface area contributed by atoms with E-state index in [1.54, 1.807) is 24.3 Å². The minimum atomic E-state index is -1.18. The van der Waals surface area contributed by atoms with Crippen LogP contribution in [0.1, 0.15) is 93.7 Å². The number of benzene rings is 2. The number of anilines is 1. The van der Waals surface area contributed by atoms with Gasteiger partial charge in [0, 0.05) is 55.8 Å². The molecule has 14 nitrogen and oxygen atoms in total. The molecule has 1 aromatic heterocycles. The van der Waals surface area contributed by atoms with E-state index < -0.39 is 41.5 Å². The van der Waals surface area contributed by atoms with Crippen molar-refractivity contribution in [3.63, 3.8) is 0 Å². The highest BCUT2D eigenvalue weighted by atomic mass is 35.5. The average molecular weight is 755 g/mol. The van der Waals surface area contributed by atoms with E-state index in [0.717, 1.165) is 23.8 Å². The van der Waals surface area contributed by atoms with Crippen molar-refractivity contribution in [2.24, 2.45) is 5.73 Å². The number of rotatable bonds is 8. The van der Waals surface area contributed by atoms with E-state index >= 15 is 4.39 Å². The molecule has 2 aromatic carbocycles. The molecule has 3 aromatic rings. The quantitative estimate of drug-likeness (QED) is 0.332. The predicted octanol–water partition coefficient (Wildman–Crippen LogP) is 3.60. The Morgan fingerprint density at radius 1 is 0.889 bits per heavy atom. The molecule has 0 radical (unpaired) electrons. The summed E-state index contributed by atoms with van der Waals surface area (Å²) in [6, 6.07) is 11.2. The molecule has 5 amide bonds. The first kappa shape index (κ1) is 35.6. The fourth-order valence-electron chi connectivity index (χ4n) is 8.67. The van der Waals surface area contributed by atoms with E-state index in [1.165, 1.54) is 17.0 Å². The number of nitrogens with two attached hydrogens (primary N) is 1. The topological polar surface area (TPSA) is 183 Å². The first-order valence-corrected chi connectivity index (χ1v) is 18.4. The van der Waals surface area contributed by atoms with Crippen molar-refractivity contribution < 1.29 is 33.1 Å². The number of piperazine rings is 1. The Kier molecular flexibility index (Phi) is 9.27. The lowest BCUT2D eigenvalue weighted by atomic mass is 9.89. The number of fused-ring (bicyclic) bond motifs is 3. The van der Waals surface area contributed by atoms with Gasteiger partial charge in [0.15, 0.2) is 11.5 Å². The van der Waals surface area contributed by atoms with Gasteiger partial charge in [0.25, 0.3) is 23.6 Å². The number of halogens is 2. The fourth-order valence-corrected chi connectivity index (χ4v) is 8.88. The summed E-state index contributed by atoms with van der Waals surface area (Å²) in [5.74, 6) is -2.50. The largest absolute Gasteiger partial charge is 0.490 e. The molecule has 4 fully saturated rings. The fraction of sp³-hybridized carbons (Fsp3) is 0.421. The molecule has 3 atom stereocenters. The van der Waals surface area contributed by atoms with E-state index in [9.17, 15) is 24.0 Å². The number of likely N-dealkylation sites (tertiary alicyclic amines) is 1. The first-order valence-electron chi connectivity index (χ1n) is 18.1. The summed E-state index contributed by atoms with van der Waals surface area (Å²) in [6.45, 7) is 1.45. The van der Waals surface area contributed by atoms with Crippen LogP contribution in [-0.4, -0.2) is 97.8 Å². The van der Waals surface area contributed by atoms with Gasteiger partial charge in [0.2, 0.25) is 5.91 Å². The van der Waals surface area contributed by atoms with Crippen molar-refractivity contribution in [1.82, 2.24) is 24.9 Å². The summed E-state index contributed by atoms with van der Waals surface area (Å²) >= 11 is 6.15. The number of hydrogen-bond acceptors (Lipinski definition) is 11. The number of aromatic nitrogens is 2. The maximum atomic E-state index is 15.7. The lowest BCUT2D eigenvalue weighted by Gasteiger charge is -2.41. The third-order valence-electron chi connectivity index (χ3n) is 11.4. The van der Waals surface area contributed by atoms with Crippen molar-refractivity contribution in [2.45, 2.75) is 88.2 Å². The van der Waals surface area contributed by atoms with E-state index in [0.29, 0.717) is 55.9 Å². The Balaban J connectivity index is 0.927. The molecule has 8 rings (SSSR count). The number of amides is 5. The second kappa shape index (κ2) is 14.1. The molecule has 2 N–H and O–H groups in total.